The third kappa shape index (κ3) is 3.21. The van der Waals surface area contributed by atoms with Gasteiger partial charge in [0, 0.05) is 17.2 Å². The van der Waals surface area contributed by atoms with E-state index < -0.39 is 0 Å². The summed E-state index contributed by atoms with van der Waals surface area (Å²) in [6.07, 6.45) is 4.06. The van der Waals surface area contributed by atoms with E-state index in [-0.39, 0.29) is 0 Å². The summed E-state index contributed by atoms with van der Waals surface area (Å²) in [5.74, 6) is 1.05. The van der Waals surface area contributed by atoms with Crippen molar-refractivity contribution >= 4 is 22.7 Å². The van der Waals surface area contributed by atoms with E-state index in [1.165, 1.54) is 12.8 Å². The topological polar surface area (TPSA) is 37.8 Å². The molecule has 0 bridgehead atoms. The highest BCUT2D eigenvalue weighted by molar-refractivity contribution is 7.99. The molecule has 1 atom stereocenters. The second kappa shape index (κ2) is 6.71. The summed E-state index contributed by atoms with van der Waals surface area (Å²) in [5, 5.41) is 5.59. The fourth-order valence-corrected chi connectivity index (χ4v) is 3.08. The molecule has 2 aromatic rings. The molecular formula is C14H19N3S. The van der Waals surface area contributed by atoms with E-state index in [4.69, 9.17) is 0 Å². The molecule has 0 amide bonds. The molecule has 0 radical (unpaired) electrons. The Kier molecular flexibility index (Phi) is 4.96. The lowest BCUT2D eigenvalue weighted by Gasteiger charge is -2.14. The number of nitrogens with one attached hydrogen (secondary N) is 1. The van der Waals surface area contributed by atoms with E-state index in [9.17, 15) is 0 Å². The van der Waals surface area contributed by atoms with Crippen molar-refractivity contribution in [1.29, 1.82) is 0 Å². The van der Waals surface area contributed by atoms with E-state index in [1.54, 1.807) is 6.33 Å². The van der Waals surface area contributed by atoms with Crippen LogP contribution in [0.4, 0.5) is 0 Å². The van der Waals surface area contributed by atoms with Gasteiger partial charge in [0.2, 0.25) is 0 Å². The Morgan fingerprint density at radius 3 is 2.89 bits per heavy atom. The van der Waals surface area contributed by atoms with Crippen molar-refractivity contribution in [2.45, 2.75) is 30.8 Å². The molecule has 0 aliphatic rings. The summed E-state index contributed by atoms with van der Waals surface area (Å²) in [6.45, 7) is 2.22. The fraction of sp³-hybridized carbons (Fsp3) is 0.429. The Balaban J connectivity index is 2.11. The van der Waals surface area contributed by atoms with E-state index in [2.05, 4.69) is 28.3 Å². The van der Waals surface area contributed by atoms with Crippen molar-refractivity contribution in [2.24, 2.45) is 0 Å². The number of benzene rings is 1. The quantitative estimate of drug-likeness (QED) is 0.640. The highest BCUT2D eigenvalue weighted by Gasteiger charge is 2.08. The Morgan fingerprint density at radius 1 is 1.28 bits per heavy atom. The van der Waals surface area contributed by atoms with Crippen molar-refractivity contribution in [2.75, 3.05) is 12.8 Å². The molecular weight excluding hydrogens is 242 g/mol. The fourth-order valence-electron chi connectivity index (χ4n) is 1.93. The number of aromatic nitrogens is 2. The number of hydrogen-bond donors (Lipinski definition) is 1. The molecule has 1 aromatic heterocycles. The highest BCUT2D eigenvalue weighted by Crippen LogP contribution is 2.25. The molecule has 96 valence electrons. The minimum absolute atomic E-state index is 0.550. The zero-order valence-corrected chi connectivity index (χ0v) is 11.7. The maximum absolute atomic E-state index is 4.40. The Hall–Kier alpha value is -1.13. The molecule has 0 saturated heterocycles. The maximum Gasteiger partial charge on any atom is 0.117 e. The van der Waals surface area contributed by atoms with Crippen LogP contribution in [-0.2, 0) is 0 Å². The third-order valence-corrected chi connectivity index (χ3v) is 4.14. The summed E-state index contributed by atoms with van der Waals surface area (Å²) < 4.78 is 0. The van der Waals surface area contributed by atoms with Crippen LogP contribution in [0.2, 0.25) is 0 Å². The molecule has 0 saturated carbocycles. The standard InChI is InChI=1S/C14H19N3S/c1-3-6-11(15-2)9-18-14-12-7-4-5-8-13(12)16-10-17-14/h4-5,7-8,10-11,15H,3,6,9H2,1-2H3. The van der Waals surface area contributed by atoms with E-state index in [0.29, 0.717) is 6.04 Å². The van der Waals surface area contributed by atoms with Crippen molar-refractivity contribution in [3.05, 3.63) is 30.6 Å². The van der Waals surface area contributed by atoms with E-state index in [0.717, 1.165) is 21.7 Å². The van der Waals surface area contributed by atoms with Crippen molar-refractivity contribution in [1.82, 2.24) is 15.3 Å². The first-order valence-electron chi connectivity index (χ1n) is 6.35. The average Bonchev–Trinajstić information content (AvgIpc) is 2.43. The third-order valence-electron chi connectivity index (χ3n) is 2.97. The zero-order valence-electron chi connectivity index (χ0n) is 10.9. The predicted molar refractivity (Wildman–Crippen MR) is 78.0 cm³/mol. The van der Waals surface area contributed by atoms with Gasteiger partial charge in [-0.05, 0) is 19.5 Å². The lowest BCUT2D eigenvalue weighted by atomic mass is 10.2. The van der Waals surface area contributed by atoms with Crippen LogP contribution in [0.25, 0.3) is 10.9 Å². The van der Waals surface area contributed by atoms with Crippen LogP contribution in [0.1, 0.15) is 19.8 Å². The molecule has 18 heavy (non-hydrogen) atoms. The van der Waals surface area contributed by atoms with Gasteiger partial charge in [0.15, 0.2) is 0 Å². The Labute approximate surface area is 112 Å². The predicted octanol–water partition coefficient (Wildman–Crippen LogP) is 3.11. The monoisotopic (exact) mass is 261 g/mol. The van der Waals surface area contributed by atoms with Gasteiger partial charge in [-0.25, -0.2) is 9.97 Å². The van der Waals surface area contributed by atoms with Gasteiger partial charge in [-0.2, -0.15) is 0 Å². The van der Waals surface area contributed by atoms with Crippen LogP contribution >= 0.6 is 11.8 Å². The van der Waals surface area contributed by atoms with Gasteiger partial charge in [0.05, 0.1) is 5.52 Å². The van der Waals surface area contributed by atoms with Gasteiger partial charge in [0.1, 0.15) is 11.4 Å². The van der Waals surface area contributed by atoms with Crippen LogP contribution in [-0.4, -0.2) is 28.8 Å². The van der Waals surface area contributed by atoms with Crippen LogP contribution < -0.4 is 5.32 Å². The number of para-hydroxylation sites is 1. The molecule has 3 nitrogen and oxygen atoms in total. The summed E-state index contributed by atoms with van der Waals surface area (Å²) in [5.41, 5.74) is 1.02. The molecule has 1 heterocycles. The summed E-state index contributed by atoms with van der Waals surface area (Å²) in [7, 11) is 2.03. The number of nitrogens with zero attached hydrogens (tertiary/aromatic N) is 2. The Morgan fingerprint density at radius 2 is 2.11 bits per heavy atom. The van der Waals surface area contributed by atoms with Crippen LogP contribution in [0.15, 0.2) is 35.6 Å². The first kappa shape index (κ1) is 13.3. The van der Waals surface area contributed by atoms with E-state index >= 15 is 0 Å². The zero-order chi connectivity index (χ0) is 12.8. The van der Waals surface area contributed by atoms with Gasteiger partial charge in [0.25, 0.3) is 0 Å². The molecule has 0 fully saturated rings. The lowest BCUT2D eigenvalue weighted by molar-refractivity contribution is 0.564. The lowest BCUT2D eigenvalue weighted by Crippen LogP contribution is -2.27. The number of fused-ring (bicyclic) bond motifs is 1. The normalized spacial score (nSPS) is 12.8. The van der Waals surface area contributed by atoms with Crippen molar-refractivity contribution in [3.63, 3.8) is 0 Å². The van der Waals surface area contributed by atoms with Gasteiger partial charge in [-0.15, -0.1) is 11.8 Å². The van der Waals surface area contributed by atoms with Crippen molar-refractivity contribution < 1.29 is 0 Å². The van der Waals surface area contributed by atoms with Crippen molar-refractivity contribution in [3.8, 4) is 0 Å². The summed E-state index contributed by atoms with van der Waals surface area (Å²) in [6, 6.07) is 8.72. The molecule has 1 unspecified atom stereocenters. The Bertz CT molecular complexity index is 496. The maximum atomic E-state index is 4.40. The first-order chi connectivity index (χ1) is 8.85. The number of hydrogen-bond acceptors (Lipinski definition) is 4. The van der Waals surface area contributed by atoms with Gasteiger partial charge >= 0.3 is 0 Å². The van der Waals surface area contributed by atoms with Gasteiger partial charge in [-0.3, -0.25) is 0 Å². The van der Waals surface area contributed by atoms with E-state index in [1.807, 2.05) is 37.0 Å². The van der Waals surface area contributed by atoms with Gasteiger partial charge in [-0.1, -0.05) is 31.5 Å². The molecule has 0 aliphatic carbocycles. The van der Waals surface area contributed by atoms with Gasteiger partial charge < -0.3 is 5.32 Å². The summed E-state index contributed by atoms with van der Waals surface area (Å²) >= 11 is 1.81. The highest BCUT2D eigenvalue weighted by atomic mass is 32.2. The minimum atomic E-state index is 0.550. The summed E-state index contributed by atoms with van der Waals surface area (Å²) in [4.78, 5) is 8.68. The second-order valence-electron chi connectivity index (χ2n) is 4.28. The number of rotatable bonds is 6. The second-order valence-corrected chi connectivity index (χ2v) is 5.29. The number of thioether (sulfide) groups is 1. The van der Waals surface area contributed by atoms with Crippen LogP contribution in [0.3, 0.4) is 0 Å². The molecule has 2 rings (SSSR count). The smallest absolute Gasteiger partial charge is 0.117 e. The molecule has 0 spiro atoms. The molecule has 1 aromatic carbocycles. The average molecular weight is 261 g/mol. The first-order valence-corrected chi connectivity index (χ1v) is 7.33. The van der Waals surface area contributed by atoms with Crippen LogP contribution in [0, 0.1) is 0 Å². The minimum Gasteiger partial charge on any atom is -0.316 e. The SMILES string of the molecule is CCCC(CSc1ncnc2ccccc12)NC. The van der Waals surface area contributed by atoms with Crippen LogP contribution in [0.5, 0.6) is 0 Å². The molecule has 4 heteroatoms. The molecule has 1 N–H and O–H groups in total. The largest absolute Gasteiger partial charge is 0.316 e. The molecule has 0 aliphatic heterocycles.